The second-order valence-electron chi connectivity index (χ2n) is 4.87. The van der Waals surface area contributed by atoms with Crippen molar-refractivity contribution in [1.82, 2.24) is 19.5 Å². The number of aromatic nitrogens is 4. The summed E-state index contributed by atoms with van der Waals surface area (Å²) >= 11 is 0. The van der Waals surface area contributed by atoms with Gasteiger partial charge in [-0.2, -0.15) is 0 Å². The van der Waals surface area contributed by atoms with Gasteiger partial charge < -0.3 is 34.2 Å². The van der Waals surface area contributed by atoms with Gasteiger partial charge in [0.25, 0.3) is 13.4 Å². The summed E-state index contributed by atoms with van der Waals surface area (Å²) < 4.78 is 21.3. The third-order valence-corrected chi connectivity index (χ3v) is 3.85. The maximum atomic E-state index is 11.6. The van der Waals surface area contributed by atoms with E-state index in [4.69, 9.17) is 9.63 Å². The summed E-state index contributed by atoms with van der Waals surface area (Å²) in [6, 6.07) is 0. The largest absolute Gasteiger partial charge is 1.00 e. The summed E-state index contributed by atoms with van der Waals surface area (Å²) in [6.45, 7) is -0.688. The molecule has 2 aromatic heterocycles. The first-order valence-corrected chi connectivity index (χ1v) is 7.87. The van der Waals surface area contributed by atoms with E-state index in [1.165, 1.54) is 10.9 Å². The van der Waals surface area contributed by atoms with Crippen LogP contribution in [0.1, 0.15) is 6.23 Å². The van der Waals surface area contributed by atoms with Crippen LogP contribution in [0.3, 0.4) is 0 Å². The van der Waals surface area contributed by atoms with Crippen LogP contribution in [-0.2, 0) is 13.8 Å². The summed E-state index contributed by atoms with van der Waals surface area (Å²) in [7, 11) is -4.99. The molecule has 4 N–H and O–H groups in total. The average molecular weight is 386 g/mol. The monoisotopic (exact) mass is 386 g/mol. The maximum Gasteiger partial charge on any atom is 1.00 e. The molecule has 12 nitrogen and oxygen atoms in total. The summed E-state index contributed by atoms with van der Waals surface area (Å²) in [5.74, 6) is 0. The first-order chi connectivity index (χ1) is 10.8. The Morgan fingerprint density at radius 2 is 2.12 bits per heavy atom. The maximum absolute atomic E-state index is 11.6. The SMILES string of the molecule is O=c1[nH]cnc2c1ncn2[C@@H]1O[C@H](COP(=O)([O-])O)[C@@H](O)[C@H]1O.[K+]. The van der Waals surface area contributed by atoms with Gasteiger partial charge in [0.2, 0.25) is 0 Å². The minimum absolute atomic E-state index is 0. The second-order valence-corrected chi connectivity index (χ2v) is 6.06. The van der Waals surface area contributed by atoms with Crippen LogP contribution < -0.4 is 61.8 Å². The van der Waals surface area contributed by atoms with Gasteiger partial charge in [-0.25, -0.2) is 9.97 Å². The van der Waals surface area contributed by atoms with Crippen LogP contribution in [-0.4, -0.2) is 59.5 Å². The Bertz CT molecular complexity index is 821. The zero-order valence-electron chi connectivity index (χ0n) is 12.3. The molecule has 0 radical (unpaired) electrons. The number of aliphatic hydroxyl groups excluding tert-OH is 2. The molecular formula is C10H12KN4O8P. The molecule has 0 aromatic carbocycles. The predicted molar refractivity (Wildman–Crippen MR) is 69.8 cm³/mol. The number of nitrogens with zero attached hydrogens (tertiary/aromatic N) is 3. The van der Waals surface area contributed by atoms with Gasteiger partial charge in [-0.3, -0.25) is 13.9 Å². The second kappa shape index (κ2) is 7.69. The van der Waals surface area contributed by atoms with Crippen molar-refractivity contribution >= 4 is 19.0 Å². The van der Waals surface area contributed by atoms with Crippen molar-refractivity contribution < 1.29 is 85.2 Å². The number of imidazole rings is 1. The van der Waals surface area contributed by atoms with Gasteiger partial charge in [0.1, 0.15) is 18.3 Å². The Kier molecular flexibility index (Phi) is 6.50. The summed E-state index contributed by atoms with van der Waals surface area (Å²) in [5, 5.41) is 20.0. The van der Waals surface area contributed by atoms with Crippen LogP contribution in [0.15, 0.2) is 17.4 Å². The first kappa shape index (κ1) is 20.3. The normalized spacial score (nSPS) is 29.3. The van der Waals surface area contributed by atoms with Crippen LogP contribution in [0.25, 0.3) is 11.2 Å². The van der Waals surface area contributed by atoms with Gasteiger partial charge in [0.15, 0.2) is 17.4 Å². The number of aromatic amines is 1. The van der Waals surface area contributed by atoms with E-state index in [0.29, 0.717) is 0 Å². The molecule has 1 unspecified atom stereocenters. The molecule has 0 spiro atoms. The molecule has 1 saturated heterocycles. The Labute approximate surface area is 176 Å². The number of H-pyrrole nitrogens is 1. The van der Waals surface area contributed by atoms with Crippen molar-refractivity contribution in [2.75, 3.05) is 6.61 Å². The van der Waals surface area contributed by atoms with Crippen LogP contribution in [0.5, 0.6) is 0 Å². The minimum atomic E-state index is -4.99. The molecule has 5 atom stereocenters. The van der Waals surface area contributed by atoms with Crippen molar-refractivity contribution in [2.45, 2.75) is 24.5 Å². The molecule has 0 amide bonds. The molecule has 1 aliphatic heterocycles. The van der Waals surface area contributed by atoms with Gasteiger partial charge in [-0.05, 0) is 0 Å². The number of hydrogen-bond acceptors (Lipinski definition) is 9. The van der Waals surface area contributed by atoms with Crippen LogP contribution in [0.2, 0.25) is 0 Å². The van der Waals surface area contributed by atoms with E-state index < -0.39 is 44.5 Å². The third-order valence-electron chi connectivity index (χ3n) is 3.38. The third kappa shape index (κ3) is 4.03. The first-order valence-electron chi connectivity index (χ1n) is 6.38. The average Bonchev–Trinajstić information content (AvgIpc) is 3.01. The number of nitrogens with one attached hydrogen (secondary N) is 1. The molecule has 0 bridgehead atoms. The molecule has 3 rings (SSSR count). The molecule has 14 heteroatoms. The quantitative estimate of drug-likeness (QED) is 0.292. The zero-order valence-corrected chi connectivity index (χ0v) is 16.4. The molecule has 0 aliphatic carbocycles. The van der Waals surface area contributed by atoms with Crippen molar-refractivity contribution in [2.24, 2.45) is 0 Å². The molecule has 24 heavy (non-hydrogen) atoms. The van der Waals surface area contributed by atoms with Gasteiger partial charge in [-0.15, -0.1) is 0 Å². The summed E-state index contributed by atoms with van der Waals surface area (Å²) in [5.41, 5.74) is -0.366. The van der Waals surface area contributed by atoms with Crippen molar-refractivity contribution in [3.63, 3.8) is 0 Å². The standard InChI is InChI=1S/C10H13N4O8P.K/c15-6-4(1-21-23(18,19)20)22-10(7(6)16)14-3-13-5-8(14)11-2-12-9(5)17;/h2-4,6-7,10,15-16H,1H2,(H,11,12,17)(H2,18,19,20);/q;+1/p-1/t4-,6-,7-,10-;/m1./s1. The number of fused-ring (bicyclic) bond motifs is 1. The van der Waals surface area contributed by atoms with Crippen molar-refractivity contribution in [1.29, 1.82) is 0 Å². The van der Waals surface area contributed by atoms with Crippen molar-refractivity contribution in [3.8, 4) is 0 Å². The number of phosphoric acid groups is 1. The fraction of sp³-hybridized carbons (Fsp3) is 0.500. The minimum Gasteiger partial charge on any atom is -0.756 e. The Morgan fingerprint density at radius 3 is 2.79 bits per heavy atom. The summed E-state index contributed by atoms with van der Waals surface area (Å²) in [6.07, 6.45) is -2.98. The van der Waals surface area contributed by atoms with Crippen LogP contribution >= 0.6 is 7.82 Å². The topological polar surface area (TPSA) is 183 Å². The van der Waals surface area contributed by atoms with Crippen LogP contribution in [0, 0.1) is 0 Å². The number of ether oxygens (including phenoxy) is 1. The van der Waals surface area contributed by atoms with Gasteiger partial charge >= 0.3 is 51.4 Å². The number of phosphoric ester groups is 1. The fourth-order valence-electron chi connectivity index (χ4n) is 2.31. The number of rotatable bonds is 4. The Morgan fingerprint density at radius 1 is 1.42 bits per heavy atom. The van der Waals surface area contributed by atoms with Gasteiger partial charge in [0, 0.05) is 0 Å². The zero-order chi connectivity index (χ0) is 16.8. The Hall–Kier alpha value is -0.0236. The van der Waals surface area contributed by atoms with Crippen LogP contribution in [0.4, 0.5) is 0 Å². The predicted octanol–water partition coefficient (Wildman–Crippen LogP) is -5.78. The van der Waals surface area contributed by atoms with E-state index in [-0.39, 0.29) is 62.5 Å². The number of hydrogen-bond donors (Lipinski definition) is 4. The summed E-state index contributed by atoms with van der Waals surface area (Å²) in [4.78, 5) is 40.9. The molecular weight excluding hydrogens is 374 g/mol. The Balaban J connectivity index is 0.00000208. The van der Waals surface area contributed by atoms with Gasteiger partial charge in [0.05, 0.1) is 19.3 Å². The van der Waals surface area contributed by atoms with E-state index in [9.17, 15) is 24.5 Å². The van der Waals surface area contributed by atoms with E-state index in [0.717, 1.165) is 6.33 Å². The fourth-order valence-corrected chi connectivity index (χ4v) is 2.65. The number of aliphatic hydroxyl groups is 2. The molecule has 1 aliphatic rings. The van der Waals surface area contributed by atoms with Gasteiger partial charge in [-0.1, -0.05) is 0 Å². The van der Waals surface area contributed by atoms with E-state index >= 15 is 0 Å². The molecule has 0 saturated carbocycles. The molecule has 126 valence electrons. The van der Waals surface area contributed by atoms with Crippen molar-refractivity contribution in [3.05, 3.63) is 23.0 Å². The smallest absolute Gasteiger partial charge is 0.756 e. The van der Waals surface area contributed by atoms with E-state index in [2.05, 4.69) is 19.5 Å². The van der Waals surface area contributed by atoms with E-state index in [1.807, 2.05) is 0 Å². The van der Waals surface area contributed by atoms with E-state index in [1.54, 1.807) is 0 Å². The molecule has 3 heterocycles. The molecule has 2 aromatic rings. The molecule has 1 fully saturated rings.